The quantitative estimate of drug-likeness (QED) is 0.149. The summed E-state index contributed by atoms with van der Waals surface area (Å²) in [4.78, 5) is 9.23. The van der Waals surface area contributed by atoms with Crippen LogP contribution in [0.25, 0.3) is 63.8 Å². The Morgan fingerprint density at radius 2 is 1.33 bits per heavy atom. The van der Waals surface area contributed by atoms with E-state index in [1.165, 1.54) is 25.7 Å². The first-order valence-corrected chi connectivity index (χ1v) is 20.3. The van der Waals surface area contributed by atoms with Gasteiger partial charge in [0.05, 0.1) is 0 Å². The van der Waals surface area contributed by atoms with Crippen molar-refractivity contribution in [3.8, 4) is 44.3 Å². The monoisotopic (exact) mass is 953 g/mol. The molecule has 0 atom stereocenters. The smallest absolute Gasteiger partial charge is 0.107 e. The van der Waals surface area contributed by atoms with Crippen LogP contribution in [0.1, 0.15) is 26.3 Å². The number of hydrogen-bond donors (Lipinski definition) is 0. The Bertz CT molecular complexity index is 2870. The van der Waals surface area contributed by atoms with Crippen LogP contribution in [0.2, 0.25) is 0 Å². The molecule has 57 heavy (non-hydrogen) atoms. The van der Waals surface area contributed by atoms with Crippen LogP contribution >= 0.6 is 22.7 Å². The molecule has 7 heteroatoms. The van der Waals surface area contributed by atoms with Crippen molar-refractivity contribution in [2.24, 2.45) is 0 Å². The van der Waals surface area contributed by atoms with E-state index in [0.717, 1.165) is 55.0 Å². The minimum Gasteiger partial charge on any atom is -0.500 e. The number of hydrogen-bond acceptors (Lipinski definition) is 6. The van der Waals surface area contributed by atoms with Gasteiger partial charge in [-0.05, 0) is 68.2 Å². The molecule has 0 spiro atoms. The molecule has 0 fully saturated rings. The van der Waals surface area contributed by atoms with Gasteiger partial charge < -0.3 is 14.5 Å². The Balaban J connectivity index is 0.00000422. The Morgan fingerprint density at radius 3 is 2.07 bits per heavy atom. The van der Waals surface area contributed by atoms with Crippen LogP contribution in [-0.2, 0) is 26.5 Å². The zero-order valence-corrected chi connectivity index (χ0v) is 35.4. The second kappa shape index (κ2) is 15.1. The predicted octanol–water partition coefficient (Wildman–Crippen LogP) is 14.3. The number of rotatable bonds is 7. The van der Waals surface area contributed by atoms with E-state index >= 15 is 0 Å². The molecule has 0 aliphatic carbocycles. The van der Waals surface area contributed by atoms with E-state index in [-0.39, 0.29) is 26.5 Å². The summed E-state index contributed by atoms with van der Waals surface area (Å²) in [6, 6.07) is 56.2. The van der Waals surface area contributed by atoms with Crippen LogP contribution in [0.15, 0.2) is 158 Å². The zero-order chi connectivity index (χ0) is 37.8. The van der Waals surface area contributed by atoms with Crippen LogP contribution in [0, 0.1) is 18.8 Å². The van der Waals surface area contributed by atoms with Gasteiger partial charge in [-0.25, -0.2) is 0 Å². The van der Waals surface area contributed by atoms with Crippen molar-refractivity contribution in [2.45, 2.75) is 26.2 Å². The third-order valence-electron chi connectivity index (χ3n) is 10.3. The summed E-state index contributed by atoms with van der Waals surface area (Å²) in [6.07, 6.45) is 6.11. The Hall–Kier alpha value is -5.52. The van der Waals surface area contributed by atoms with Crippen molar-refractivity contribution in [1.82, 2.24) is 4.98 Å². The Labute approximate surface area is 355 Å². The molecule has 10 rings (SSSR count). The summed E-state index contributed by atoms with van der Waals surface area (Å²) in [7, 11) is 0. The minimum absolute atomic E-state index is 0. The molecule has 0 saturated carbocycles. The van der Waals surface area contributed by atoms with Crippen molar-refractivity contribution in [2.75, 3.05) is 9.80 Å². The maximum absolute atomic E-state index is 6.60. The average molecular weight is 954 g/mol. The van der Waals surface area contributed by atoms with E-state index in [2.05, 4.69) is 189 Å². The van der Waals surface area contributed by atoms with E-state index < -0.39 is 0 Å². The topological polar surface area (TPSA) is 28.6 Å². The molecule has 0 N–H and O–H groups in total. The van der Waals surface area contributed by atoms with E-state index in [1.54, 1.807) is 11.3 Å². The van der Waals surface area contributed by atoms with E-state index in [0.29, 0.717) is 10.8 Å². The molecule has 0 unspecified atom stereocenters. The first kappa shape index (κ1) is 37.1. The SMILES string of the molecule is CC(C)(C)c1ccnc(-c2c3[c-]c(Oc4[c-]c(N5C=CN(c6c(-c7ccccc7)cccc6-c6ccccc6)[CH-]5)ccc4)sc3cc3c2sc2ccccc23)c1.[Pt]. The maximum atomic E-state index is 6.60. The van der Waals surface area contributed by atoms with Gasteiger partial charge in [0.15, 0.2) is 0 Å². The van der Waals surface area contributed by atoms with Gasteiger partial charge in [0.2, 0.25) is 0 Å². The van der Waals surface area contributed by atoms with Crippen LogP contribution in [-0.4, -0.2) is 4.98 Å². The maximum Gasteiger partial charge on any atom is 0.107 e. The van der Waals surface area contributed by atoms with Crippen molar-refractivity contribution in [1.29, 1.82) is 0 Å². The number of benzene rings is 6. The molecular formula is C50H36N3OPtS2-3. The number of ether oxygens (including phenoxy) is 1. The number of aromatic nitrogens is 1. The van der Waals surface area contributed by atoms with Crippen molar-refractivity contribution in [3.63, 3.8) is 0 Å². The molecule has 0 bridgehead atoms. The molecule has 1 aliphatic heterocycles. The molecule has 0 radical (unpaired) electrons. The number of anilines is 2. The van der Waals surface area contributed by atoms with Crippen LogP contribution in [0.4, 0.5) is 11.4 Å². The normalized spacial score (nSPS) is 12.8. The zero-order valence-electron chi connectivity index (χ0n) is 31.5. The fourth-order valence-electron chi connectivity index (χ4n) is 7.49. The van der Waals surface area contributed by atoms with Crippen LogP contribution in [0.3, 0.4) is 0 Å². The molecule has 6 aromatic carbocycles. The summed E-state index contributed by atoms with van der Waals surface area (Å²) in [5.74, 6) is 0.627. The summed E-state index contributed by atoms with van der Waals surface area (Å²) >= 11 is 3.42. The summed E-state index contributed by atoms with van der Waals surface area (Å²) in [5, 5.41) is 4.20. The molecule has 0 amide bonds. The van der Waals surface area contributed by atoms with Crippen LogP contribution < -0.4 is 14.5 Å². The van der Waals surface area contributed by atoms with Crippen molar-refractivity contribution < 1.29 is 25.8 Å². The van der Waals surface area contributed by atoms with E-state index in [9.17, 15) is 0 Å². The van der Waals surface area contributed by atoms with Crippen molar-refractivity contribution >= 4 is 64.3 Å². The minimum atomic E-state index is -0.00714. The first-order valence-electron chi connectivity index (χ1n) is 18.7. The van der Waals surface area contributed by atoms with E-state index in [1.807, 2.05) is 29.7 Å². The van der Waals surface area contributed by atoms with Gasteiger partial charge in [-0.1, -0.05) is 134 Å². The molecule has 4 heterocycles. The molecular weight excluding hydrogens is 918 g/mol. The second-order valence-electron chi connectivity index (χ2n) is 15.0. The summed E-state index contributed by atoms with van der Waals surface area (Å²) in [5.41, 5.74) is 9.93. The number of pyridine rings is 1. The Morgan fingerprint density at radius 1 is 0.649 bits per heavy atom. The third-order valence-corrected chi connectivity index (χ3v) is 12.4. The van der Waals surface area contributed by atoms with E-state index in [4.69, 9.17) is 9.72 Å². The fraction of sp³-hybridized carbons (Fsp3) is 0.0800. The van der Waals surface area contributed by atoms with Gasteiger partial charge in [0.25, 0.3) is 0 Å². The molecule has 4 nitrogen and oxygen atoms in total. The number of fused-ring (bicyclic) bond motifs is 4. The summed E-state index contributed by atoms with van der Waals surface area (Å²) in [6.45, 7) is 8.84. The Kier molecular flexibility index (Phi) is 9.82. The molecule has 282 valence electrons. The van der Waals surface area contributed by atoms with Gasteiger partial charge in [-0.3, -0.25) is 4.98 Å². The fourth-order valence-corrected chi connectivity index (χ4v) is 9.65. The number of nitrogens with zero attached hydrogens (tertiary/aromatic N) is 3. The largest absolute Gasteiger partial charge is 0.500 e. The average Bonchev–Trinajstić information content (AvgIpc) is 3.97. The molecule has 9 aromatic rings. The standard InChI is InChI=1S/C50H36N3OS2.Pt/c1-50(2,3)35-24-25-51-43(28-35)47-42-31-46(55-45(42)30-41-40-20-10-11-23-44(40)56-49(41)47)54-37-19-12-18-36(29-37)52-26-27-53(32-52)48-38(33-14-6-4-7-15-33)21-13-22-39(48)34-16-8-5-9-17-34;/h4-28,30,32H,1-3H3;/q-3;. The molecule has 3 aromatic heterocycles. The van der Waals surface area contributed by atoms with Crippen molar-refractivity contribution in [3.05, 3.63) is 182 Å². The van der Waals surface area contributed by atoms with Gasteiger partial charge in [-0.15, -0.1) is 48.0 Å². The van der Waals surface area contributed by atoms with Gasteiger partial charge >= 0.3 is 0 Å². The van der Waals surface area contributed by atoms with Gasteiger partial charge in [0, 0.05) is 60.2 Å². The molecule has 1 aliphatic rings. The second-order valence-corrected chi connectivity index (χ2v) is 17.0. The predicted molar refractivity (Wildman–Crippen MR) is 237 cm³/mol. The molecule has 0 saturated heterocycles. The van der Waals surface area contributed by atoms with Gasteiger partial charge in [0.1, 0.15) is 5.06 Å². The third kappa shape index (κ3) is 6.97. The van der Waals surface area contributed by atoms with Crippen LogP contribution in [0.5, 0.6) is 10.8 Å². The first-order chi connectivity index (χ1) is 27.4. The van der Waals surface area contributed by atoms with Gasteiger partial charge in [-0.2, -0.15) is 22.8 Å². The number of thiophene rings is 2. The summed E-state index contributed by atoms with van der Waals surface area (Å²) < 4.78 is 10.2. The number of para-hydroxylation sites is 1.